The van der Waals surface area contributed by atoms with Gasteiger partial charge < -0.3 is 5.73 Å². The molecule has 20 heavy (non-hydrogen) atoms. The lowest BCUT2D eigenvalue weighted by Crippen LogP contribution is -2.17. The van der Waals surface area contributed by atoms with E-state index >= 15 is 0 Å². The van der Waals surface area contributed by atoms with Gasteiger partial charge in [-0.2, -0.15) is 0 Å². The molecule has 0 spiro atoms. The Morgan fingerprint density at radius 3 is 1.30 bits per heavy atom. The van der Waals surface area contributed by atoms with E-state index in [4.69, 9.17) is 5.73 Å². The second-order valence-corrected chi connectivity index (χ2v) is 4.01. The highest BCUT2D eigenvalue weighted by Gasteiger charge is 2.24. The molecule has 0 unspecified atom stereocenters. The van der Waals surface area contributed by atoms with Gasteiger partial charge in [0.2, 0.25) is 0 Å². The van der Waals surface area contributed by atoms with Crippen molar-refractivity contribution in [1.82, 2.24) is 0 Å². The highest BCUT2D eigenvalue weighted by atomic mass is 19.2. The Kier molecular flexibility index (Phi) is 3.71. The molecule has 0 aliphatic heterocycles. The molecule has 0 heterocycles. The van der Waals surface area contributed by atoms with Crippen molar-refractivity contribution in [2.45, 2.75) is 6.04 Å². The molecule has 0 atom stereocenters. The quantitative estimate of drug-likeness (QED) is 0.664. The molecular weight excluding hydrogens is 284 g/mol. The lowest BCUT2D eigenvalue weighted by molar-refractivity contribution is 0.429. The molecule has 0 aliphatic rings. The third-order valence-corrected chi connectivity index (χ3v) is 2.80. The monoisotopic (exact) mass is 291 g/mol. The lowest BCUT2D eigenvalue weighted by atomic mass is 9.98. The number of nitrogens with two attached hydrogens (primary N) is 1. The van der Waals surface area contributed by atoms with Gasteiger partial charge in [0.1, 0.15) is 0 Å². The summed E-state index contributed by atoms with van der Waals surface area (Å²) in [5, 5.41) is 0. The van der Waals surface area contributed by atoms with Gasteiger partial charge in [0.15, 0.2) is 34.9 Å². The number of rotatable bonds is 2. The molecule has 2 N–H and O–H groups in total. The van der Waals surface area contributed by atoms with Crippen LogP contribution in [0.3, 0.4) is 0 Å². The SMILES string of the molecule is NC(c1ccc(F)c(F)c1F)c1ccc(F)c(F)c1F. The van der Waals surface area contributed by atoms with E-state index in [1.807, 2.05) is 0 Å². The summed E-state index contributed by atoms with van der Waals surface area (Å²) in [6.07, 6.45) is 0. The minimum absolute atomic E-state index is 0.575. The molecule has 7 heteroatoms. The van der Waals surface area contributed by atoms with Crippen molar-refractivity contribution in [3.8, 4) is 0 Å². The van der Waals surface area contributed by atoms with Crippen molar-refractivity contribution in [3.05, 3.63) is 70.3 Å². The first-order valence-electron chi connectivity index (χ1n) is 5.37. The zero-order valence-electron chi connectivity index (χ0n) is 9.73. The molecule has 2 aromatic rings. The van der Waals surface area contributed by atoms with Crippen LogP contribution in [0.5, 0.6) is 0 Å². The Morgan fingerprint density at radius 1 is 0.600 bits per heavy atom. The van der Waals surface area contributed by atoms with Crippen LogP contribution in [0.1, 0.15) is 17.2 Å². The largest absolute Gasteiger partial charge is 0.320 e. The fourth-order valence-electron chi connectivity index (χ4n) is 1.73. The predicted octanol–water partition coefficient (Wildman–Crippen LogP) is 3.57. The van der Waals surface area contributed by atoms with Gasteiger partial charge in [-0.3, -0.25) is 0 Å². The van der Waals surface area contributed by atoms with E-state index < -0.39 is 52.1 Å². The van der Waals surface area contributed by atoms with Gasteiger partial charge in [-0.1, -0.05) is 12.1 Å². The van der Waals surface area contributed by atoms with Gasteiger partial charge in [-0.15, -0.1) is 0 Å². The molecule has 0 fully saturated rings. The summed E-state index contributed by atoms with van der Waals surface area (Å²) in [7, 11) is 0. The summed E-state index contributed by atoms with van der Waals surface area (Å²) in [5.74, 6) is -9.65. The number of hydrogen-bond donors (Lipinski definition) is 1. The van der Waals surface area contributed by atoms with Crippen LogP contribution in [0.4, 0.5) is 26.3 Å². The molecule has 0 radical (unpaired) electrons. The Bertz CT molecular complexity index is 613. The second-order valence-electron chi connectivity index (χ2n) is 4.01. The molecule has 0 bridgehead atoms. The molecule has 0 amide bonds. The van der Waals surface area contributed by atoms with Crippen LogP contribution >= 0.6 is 0 Å². The predicted molar refractivity (Wildman–Crippen MR) is 58.7 cm³/mol. The molecule has 1 nitrogen and oxygen atoms in total. The van der Waals surface area contributed by atoms with Crippen molar-refractivity contribution in [3.63, 3.8) is 0 Å². The molecule has 0 saturated heterocycles. The Balaban J connectivity index is 2.55. The fraction of sp³-hybridized carbons (Fsp3) is 0.0769. The second kappa shape index (κ2) is 5.16. The number of hydrogen-bond acceptors (Lipinski definition) is 1. The van der Waals surface area contributed by atoms with Gasteiger partial charge in [0, 0.05) is 11.1 Å². The summed E-state index contributed by atoms with van der Waals surface area (Å²) in [6, 6.07) is 1.20. The van der Waals surface area contributed by atoms with Gasteiger partial charge >= 0.3 is 0 Å². The minimum Gasteiger partial charge on any atom is -0.320 e. The minimum atomic E-state index is -1.78. The van der Waals surface area contributed by atoms with E-state index in [0.29, 0.717) is 12.1 Å². The zero-order valence-corrected chi connectivity index (χ0v) is 9.73. The van der Waals surface area contributed by atoms with E-state index in [1.165, 1.54) is 0 Å². The van der Waals surface area contributed by atoms with Crippen LogP contribution in [0.25, 0.3) is 0 Å². The average molecular weight is 291 g/mol. The van der Waals surface area contributed by atoms with Crippen LogP contribution < -0.4 is 5.73 Å². The fourth-order valence-corrected chi connectivity index (χ4v) is 1.73. The van der Waals surface area contributed by atoms with E-state index in [0.717, 1.165) is 12.1 Å². The molecule has 106 valence electrons. The topological polar surface area (TPSA) is 26.0 Å². The summed E-state index contributed by atoms with van der Waals surface area (Å²) in [6.45, 7) is 0. The molecule has 0 aromatic heterocycles. The van der Waals surface area contributed by atoms with E-state index in [2.05, 4.69) is 0 Å². The van der Waals surface area contributed by atoms with Gasteiger partial charge in [0.05, 0.1) is 6.04 Å². The normalized spacial score (nSPS) is 11.2. The third kappa shape index (κ3) is 2.24. The van der Waals surface area contributed by atoms with Crippen molar-refractivity contribution < 1.29 is 26.3 Å². The van der Waals surface area contributed by atoms with Crippen molar-refractivity contribution in [2.75, 3.05) is 0 Å². The molecule has 2 rings (SSSR count). The smallest absolute Gasteiger partial charge is 0.194 e. The molecule has 2 aromatic carbocycles. The average Bonchev–Trinajstić information content (AvgIpc) is 2.42. The van der Waals surface area contributed by atoms with Crippen LogP contribution in [-0.2, 0) is 0 Å². The number of benzene rings is 2. The first-order chi connectivity index (χ1) is 9.34. The Labute approximate surface area is 109 Å². The standard InChI is InChI=1S/C13H7F6N/c14-7-3-1-5(9(16)11(7)18)13(20)6-2-4-8(15)12(19)10(6)17/h1-4,13H,20H2. The highest BCUT2D eigenvalue weighted by molar-refractivity contribution is 5.34. The lowest BCUT2D eigenvalue weighted by Gasteiger charge is -2.15. The van der Waals surface area contributed by atoms with Crippen LogP contribution in [0.2, 0.25) is 0 Å². The first kappa shape index (κ1) is 14.4. The summed E-state index contributed by atoms with van der Waals surface area (Å²) < 4.78 is 78.8. The third-order valence-electron chi connectivity index (χ3n) is 2.80. The van der Waals surface area contributed by atoms with Gasteiger partial charge in [0.25, 0.3) is 0 Å². The summed E-state index contributed by atoms with van der Waals surface area (Å²) in [5.41, 5.74) is 4.35. The zero-order chi connectivity index (χ0) is 15.0. The maximum Gasteiger partial charge on any atom is 0.194 e. The molecule has 0 aliphatic carbocycles. The maximum absolute atomic E-state index is 13.5. The van der Waals surface area contributed by atoms with Gasteiger partial charge in [-0.25, -0.2) is 26.3 Å². The van der Waals surface area contributed by atoms with Crippen molar-refractivity contribution in [1.29, 1.82) is 0 Å². The number of halogens is 6. The van der Waals surface area contributed by atoms with Crippen LogP contribution in [-0.4, -0.2) is 0 Å². The molecular formula is C13H7F6N. The first-order valence-corrected chi connectivity index (χ1v) is 5.37. The van der Waals surface area contributed by atoms with E-state index in [9.17, 15) is 26.3 Å². The Hall–Kier alpha value is -2.02. The van der Waals surface area contributed by atoms with E-state index in [1.54, 1.807) is 0 Å². The van der Waals surface area contributed by atoms with Crippen LogP contribution in [0, 0.1) is 34.9 Å². The summed E-state index contributed by atoms with van der Waals surface area (Å²) in [4.78, 5) is 0. The van der Waals surface area contributed by atoms with Crippen molar-refractivity contribution >= 4 is 0 Å². The summed E-state index contributed by atoms with van der Waals surface area (Å²) >= 11 is 0. The highest BCUT2D eigenvalue weighted by Crippen LogP contribution is 2.28. The molecule has 0 saturated carbocycles. The maximum atomic E-state index is 13.5. The Morgan fingerprint density at radius 2 is 0.950 bits per heavy atom. The van der Waals surface area contributed by atoms with Crippen molar-refractivity contribution in [2.24, 2.45) is 5.73 Å². The van der Waals surface area contributed by atoms with E-state index in [-0.39, 0.29) is 0 Å². The van der Waals surface area contributed by atoms with Gasteiger partial charge in [-0.05, 0) is 12.1 Å². The van der Waals surface area contributed by atoms with Crippen LogP contribution in [0.15, 0.2) is 24.3 Å².